The molecule has 0 fully saturated rings. The van der Waals surface area contributed by atoms with Gasteiger partial charge in [-0.1, -0.05) is 12.1 Å². The van der Waals surface area contributed by atoms with Gasteiger partial charge in [-0.15, -0.1) is 0 Å². The smallest absolute Gasteiger partial charge is 0.136 e. The molecule has 0 aliphatic rings. The molecule has 0 unspecified atom stereocenters. The zero-order valence-corrected chi connectivity index (χ0v) is 8.20. The maximum atomic E-state index is 13.6. The number of nitrogens with two attached hydrogens (primary N) is 1. The number of fused-ring (bicyclic) bond motifs is 1. The molecule has 0 aliphatic carbocycles. The molecule has 0 atom stereocenters. The number of rotatable bonds is 3. The summed E-state index contributed by atoms with van der Waals surface area (Å²) in [6.45, 7) is 1.08. The third kappa shape index (κ3) is 1.89. The fourth-order valence-electron chi connectivity index (χ4n) is 1.51. The van der Waals surface area contributed by atoms with E-state index in [1.165, 1.54) is 6.07 Å². The van der Waals surface area contributed by atoms with E-state index in [1.807, 2.05) is 6.07 Å². The molecule has 0 radical (unpaired) electrons. The number of anilines is 1. The molecule has 1 aromatic heterocycles. The largest absolute Gasteiger partial charge is 0.368 e. The van der Waals surface area contributed by atoms with Crippen molar-refractivity contribution in [2.24, 2.45) is 5.73 Å². The highest BCUT2D eigenvalue weighted by Crippen LogP contribution is 2.23. The number of aromatic nitrogens is 1. The van der Waals surface area contributed by atoms with E-state index in [-0.39, 0.29) is 5.82 Å². The van der Waals surface area contributed by atoms with Crippen molar-refractivity contribution >= 4 is 16.6 Å². The van der Waals surface area contributed by atoms with Gasteiger partial charge < -0.3 is 11.1 Å². The van der Waals surface area contributed by atoms with Gasteiger partial charge in [-0.3, -0.25) is 0 Å². The Morgan fingerprint density at radius 2 is 2.20 bits per heavy atom. The van der Waals surface area contributed by atoms with Crippen molar-refractivity contribution in [3.63, 3.8) is 0 Å². The van der Waals surface area contributed by atoms with Crippen LogP contribution in [0.5, 0.6) is 0 Å². The molecule has 78 valence electrons. The lowest BCUT2D eigenvalue weighted by atomic mass is 10.1. The van der Waals surface area contributed by atoms with Crippen molar-refractivity contribution in [1.29, 1.82) is 0 Å². The zero-order chi connectivity index (χ0) is 10.7. The van der Waals surface area contributed by atoms with E-state index in [0.717, 1.165) is 5.39 Å². The number of nitrogens with zero attached hydrogens (tertiary/aromatic N) is 1. The Morgan fingerprint density at radius 3 is 3.00 bits per heavy atom. The highest BCUT2D eigenvalue weighted by molar-refractivity contribution is 5.92. The lowest BCUT2D eigenvalue weighted by Gasteiger charge is -2.07. The predicted molar refractivity (Wildman–Crippen MR) is 59.2 cm³/mol. The Hall–Kier alpha value is -1.68. The molecular formula is C11H12FN3. The monoisotopic (exact) mass is 205 g/mol. The number of halogens is 1. The van der Waals surface area contributed by atoms with Crippen LogP contribution in [0.4, 0.5) is 10.2 Å². The van der Waals surface area contributed by atoms with Crippen LogP contribution in [0.1, 0.15) is 0 Å². The van der Waals surface area contributed by atoms with E-state index in [9.17, 15) is 4.39 Å². The van der Waals surface area contributed by atoms with Gasteiger partial charge in [0, 0.05) is 19.3 Å². The van der Waals surface area contributed by atoms with Crippen molar-refractivity contribution in [2.75, 3.05) is 18.4 Å². The summed E-state index contributed by atoms with van der Waals surface area (Å²) < 4.78 is 13.6. The zero-order valence-electron chi connectivity index (χ0n) is 8.20. The SMILES string of the molecule is NCCNc1nccc2cccc(F)c12. The summed E-state index contributed by atoms with van der Waals surface area (Å²) in [6.07, 6.45) is 1.65. The van der Waals surface area contributed by atoms with E-state index >= 15 is 0 Å². The first-order valence-electron chi connectivity index (χ1n) is 4.80. The third-order valence-corrected chi connectivity index (χ3v) is 2.18. The van der Waals surface area contributed by atoms with Gasteiger partial charge in [-0.2, -0.15) is 0 Å². The maximum absolute atomic E-state index is 13.6. The number of nitrogens with one attached hydrogen (secondary N) is 1. The average Bonchev–Trinajstić information content (AvgIpc) is 2.26. The Bertz CT molecular complexity index is 465. The maximum Gasteiger partial charge on any atom is 0.136 e. The minimum Gasteiger partial charge on any atom is -0.368 e. The first kappa shape index (κ1) is 9.86. The van der Waals surface area contributed by atoms with Crippen LogP contribution in [0, 0.1) is 5.82 Å². The third-order valence-electron chi connectivity index (χ3n) is 2.18. The number of pyridine rings is 1. The quantitative estimate of drug-likeness (QED) is 0.802. The van der Waals surface area contributed by atoms with Crippen molar-refractivity contribution in [3.05, 3.63) is 36.3 Å². The van der Waals surface area contributed by atoms with E-state index in [1.54, 1.807) is 18.3 Å². The Balaban J connectivity index is 2.53. The minimum atomic E-state index is -0.264. The summed E-state index contributed by atoms with van der Waals surface area (Å²) in [7, 11) is 0. The molecule has 1 aromatic carbocycles. The molecule has 0 saturated carbocycles. The van der Waals surface area contributed by atoms with E-state index < -0.39 is 0 Å². The minimum absolute atomic E-state index is 0.264. The lowest BCUT2D eigenvalue weighted by molar-refractivity contribution is 0.639. The molecular weight excluding hydrogens is 193 g/mol. The van der Waals surface area contributed by atoms with Crippen molar-refractivity contribution in [2.45, 2.75) is 0 Å². The first-order valence-corrected chi connectivity index (χ1v) is 4.80. The van der Waals surface area contributed by atoms with Crippen molar-refractivity contribution in [1.82, 2.24) is 4.98 Å². The lowest BCUT2D eigenvalue weighted by Crippen LogP contribution is -2.14. The normalized spacial score (nSPS) is 10.5. The van der Waals surface area contributed by atoms with Crippen LogP contribution in [0.2, 0.25) is 0 Å². The Labute approximate surface area is 87.1 Å². The second-order valence-corrected chi connectivity index (χ2v) is 3.21. The summed E-state index contributed by atoms with van der Waals surface area (Å²) >= 11 is 0. The van der Waals surface area contributed by atoms with Crippen LogP contribution in [0.15, 0.2) is 30.5 Å². The Morgan fingerprint density at radius 1 is 1.33 bits per heavy atom. The molecule has 3 nitrogen and oxygen atoms in total. The number of benzene rings is 1. The van der Waals surface area contributed by atoms with Gasteiger partial charge in [0.1, 0.15) is 11.6 Å². The number of hydrogen-bond donors (Lipinski definition) is 2. The van der Waals surface area contributed by atoms with Gasteiger partial charge in [0.15, 0.2) is 0 Å². The van der Waals surface area contributed by atoms with E-state index in [2.05, 4.69) is 10.3 Å². The van der Waals surface area contributed by atoms with Crippen LogP contribution < -0.4 is 11.1 Å². The van der Waals surface area contributed by atoms with Gasteiger partial charge >= 0.3 is 0 Å². The summed E-state index contributed by atoms with van der Waals surface area (Å²) in [5.41, 5.74) is 5.37. The van der Waals surface area contributed by atoms with Crippen LogP contribution in [-0.2, 0) is 0 Å². The molecule has 15 heavy (non-hydrogen) atoms. The van der Waals surface area contributed by atoms with Crippen LogP contribution in [0.25, 0.3) is 10.8 Å². The van der Waals surface area contributed by atoms with E-state index in [0.29, 0.717) is 24.3 Å². The molecule has 3 N–H and O–H groups in total. The molecule has 1 heterocycles. The fraction of sp³-hybridized carbons (Fsp3) is 0.182. The van der Waals surface area contributed by atoms with Gasteiger partial charge in [-0.05, 0) is 17.5 Å². The molecule has 4 heteroatoms. The molecule has 0 spiro atoms. The summed E-state index contributed by atoms with van der Waals surface area (Å²) in [4.78, 5) is 4.10. The molecule has 2 rings (SSSR count). The molecule has 2 aromatic rings. The highest BCUT2D eigenvalue weighted by Gasteiger charge is 2.05. The summed E-state index contributed by atoms with van der Waals surface area (Å²) in [6, 6.07) is 6.75. The molecule has 0 bridgehead atoms. The van der Waals surface area contributed by atoms with Crippen LogP contribution in [0.3, 0.4) is 0 Å². The van der Waals surface area contributed by atoms with Crippen LogP contribution >= 0.6 is 0 Å². The predicted octanol–water partition coefficient (Wildman–Crippen LogP) is 1.74. The highest BCUT2D eigenvalue weighted by atomic mass is 19.1. The van der Waals surface area contributed by atoms with Gasteiger partial charge in [0.25, 0.3) is 0 Å². The summed E-state index contributed by atoms with van der Waals surface area (Å²) in [5, 5.41) is 4.36. The molecule has 0 saturated heterocycles. The van der Waals surface area contributed by atoms with Gasteiger partial charge in [-0.25, -0.2) is 9.37 Å². The topological polar surface area (TPSA) is 50.9 Å². The fourth-order valence-corrected chi connectivity index (χ4v) is 1.51. The van der Waals surface area contributed by atoms with Gasteiger partial charge in [0.2, 0.25) is 0 Å². The van der Waals surface area contributed by atoms with Crippen molar-refractivity contribution in [3.8, 4) is 0 Å². The second kappa shape index (κ2) is 4.23. The molecule has 0 aliphatic heterocycles. The van der Waals surface area contributed by atoms with Crippen LogP contribution in [-0.4, -0.2) is 18.1 Å². The van der Waals surface area contributed by atoms with Gasteiger partial charge in [0.05, 0.1) is 5.39 Å². The summed E-state index contributed by atoms with van der Waals surface area (Å²) in [5.74, 6) is 0.288. The molecule has 0 amide bonds. The second-order valence-electron chi connectivity index (χ2n) is 3.21. The van der Waals surface area contributed by atoms with E-state index in [4.69, 9.17) is 5.73 Å². The number of hydrogen-bond acceptors (Lipinski definition) is 3. The first-order chi connectivity index (χ1) is 7.33. The van der Waals surface area contributed by atoms with Crippen molar-refractivity contribution < 1.29 is 4.39 Å². The Kier molecular flexibility index (Phi) is 2.78. The standard InChI is InChI=1S/C11H12FN3/c12-9-3-1-2-8-4-6-14-11(10(8)9)15-7-5-13/h1-4,6H,5,7,13H2,(H,14,15). The average molecular weight is 205 g/mol.